The van der Waals surface area contributed by atoms with Crippen LogP contribution in [0.1, 0.15) is 0 Å². The first-order chi connectivity index (χ1) is 20.0. The molecule has 0 aromatic rings. The fourth-order valence-electron chi connectivity index (χ4n) is 0. The van der Waals surface area contributed by atoms with E-state index in [0.29, 0.717) is 0 Å². The molecule has 0 heterocycles. The maximum absolute atomic E-state index is 8.88. The predicted octanol–water partition coefficient (Wildman–Crippen LogP) is -9.43. The molecule has 0 spiro atoms. The van der Waals surface area contributed by atoms with Crippen molar-refractivity contribution in [3.05, 3.63) is 0 Å². The largest absolute Gasteiger partial charge is 2.00 e. The zero-order valence-electron chi connectivity index (χ0n) is 26.9. The molecular weight excluding hydrogens is 1480 g/mol. The van der Waals surface area contributed by atoms with Gasteiger partial charge in [0.15, 0.2) is 0 Å². The van der Waals surface area contributed by atoms with Gasteiger partial charge >= 0.3 is 78.2 Å². The van der Waals surface area contributed by atoms with Gasteiger partial charge in [0, 0.05) is 186 Å². The third-order valence-corrected chi connectivity index (χ3v) is 0. The molecule has 0 unspecified atom stereocenters. The van der Waals surface area contributed by atoms with E-state index < -0.39 is 78.2 Å². The Kier molecular flexibility index (Phi) is 147. The van der Waals surface area contributed by atoms with Crippen LogP contribution in [0, 0.1) is 0 Å². The molecule has 0 amide bonds. The molecule has 0 saturated carbocycles. The summed E-state index contributed by atoms with van der Waals surface area (Å²) in [6.45, 7) is 0. The first-order valence-corrected chi connectivity index (χ1v) is 23.5. The minimum Gasteiger partial charge on any atom is -2.00 e. The fourth-order valence-corrected chi connectivity index (χ4v) is 0. The van der Waals surface area contributed by atoms with E-state index >= 15 is 0 Å². The van der Waals surface area contributed by atoms with Gasteiger partial charge in [-0.15, -0.1) is 0 Å². The molecule has 0 aliphatic rings. The van der Waals surface area contributed by atoms with E-state index in [9.17, 15) is 0 Å². The second-order valence-electron chi connectivity index (χ2n) is 5.13. The molecule has 61 heavy (non-hydrogen) atoms. The van der Waals surface area contributed by atoms with E-state index in [1.54, 1.807) is 0 Å². The van der Waals surface area contributed by atoms with E-state index in [0.717, 1.165) is 0 Å². The summed E-state index contributed by atoms with van der Waals surface area (Å²) >= 11 is 0. The third-order valence-electron chi connectivity index (χ3n) is 0. The Balaban J connectivity index is -0.0000000150. The molecule has 378 valence electrons. The molecule has 0 aliphatic heterocycles. The van der Waals surface area contributed by atoms with E-state index in [-0.39, 0.29) is 191 Å². The van der Waals surface area contributed by atoms with Gasteiger partial charge in [-0.1, -0.05) is 0 Å². The van der Waals surface area contributed by atoms with Crippen LogP contribution in [0.5, 0.6) is 0 Å². The number of hydrogen-bond donors (Lipinski definition) is 30. The van der Waals surface area contributed by atoms with Gasteiger partial charge in [-0.25, -0.2) is 45.7 Å². The quantitative estimate of drug-likeness (QED) is 0.100. The molecule has 61 heteroatoms. The summed E-state index contributed by atoms with van der Waals surface area (Å²) in [7, 11) is -46.4. The number of hydrogen-bond acceptors (Lipinski definition) is 10. The molecule has 0 bridgehead atoms. The summed E-state index contributed by atoms with van der Waals surface area (Å²) in [5.74, 6) is 0. The Bertz CT molecular complexity index is 870. The number of rotatable bonds is 0. The van der Waals surface area contributed by atoms with Gasteiger partial charge in [0.25, 0.3) is 0 Å². The van der Waals surface area contributed by atoms with Crippen LogP contribution >= 0.6 is 78.2 Å². The van der Waals surface area contributed by atoms with E-state index in [2.05, 4.69) is 0 Å². The minimum atomic E-state index is -4.64. The van der Waals surface area contributed by atoms with Crippen molar-refractivity contribution in [3.63, 3.8) is 0 Å². The second-order valence-corrected chi connectivity index (χ2v) is 15.4. The third kappa shape index (κ3) is 5910. The van der Waals surface area contributed by atoms with Crippen LogP contribution in [0.3, 0.4) is 0 Å². The van der Waals surface area contributed by atoms with Crippen LogP contribution in [-0.2, 0) is 237 Å². The second kappa shape index (κ2) is 64.9. The molecule has 0 aromatic heterocycles. The van der Waals surface area contributed by atoms with Crippen LogP contribution < -0.4 is 0 Å². The van der Waals surface area contributed by atoms with Crippen molar-refractivity contribution in [1.82, 2.24) is 0 Å². The van der Waals surface area contributed by atoms with Crippen LogP contribution in [0.4, 0.5) is 0 Å². The van der Waals surface area contributed by atoms with Crippen molar-refractivity contribution >= 4 is 78.2 Å². The molecule has 41 nitrogen and oxygen atoms in total. The van der Waals surface area contributed by atoms with Crippen molar-refractivity contribution in [2.75, 3.05) is 0 Å². The van der Waals surface area contributed by atoms with E-state index in [1.807, 2.05) is 0 Å². The topological polar surface area (TPSA) is 806 Å². The van der Waals surface area contributed by atoms with E-state index in [1.165, 1.54) is 0 Å². The summed E-state index contributed by atoms with van der Waals surface area (Å²) < 4.78 is 88.8. The van der Waals surface area contributed by atoms with Crippen LogP contribution in [-0.4, -0.2) is 147 Å². The standard InChI is InChI=1S/10H3O4P.O.10V/c10*1-5(2,3)4;;;;;;;;;;;/h10*(H3,1,2,3,4);;;;;;;;;;;/q;;;;;;;;;;-2;;;;;;;;;;. The molecule has 0 saturated heterocycles. The molecule has 0 aromatic carbocycles. The summed E-state index contributed by atoms with van der Waals surface area (Å²) in [6, 6.07) is 0. The number of phosphoric acid groups is 10. The zero-order valence-corrected chi connectivity index (χ0v) is 49.8. The zero-order chi connectivity index (χ0) is 45.0. The first-order valence-electron chi connectivity index (χ1n) is 7.83. The van der Waals surface area contributed by atoms with E-state index in [4.69, 9.17) is 192 Å². The summed E-state index contributed by atoms with van der Waals surface area (Å²) in [4.78, 5) is 216. The SMILES string of the molecule is O=P(O)(O)O.O=P(O)(O)O.O=P(O)(O)O.O=P(O)(O)O.O=P(O)(O)O.O=P(O)(O)O.O=P(O)(O)O.O=P(O)(O)O.O=P(O)(O)O.O=P(O)(O)O.[O-2].[V].[V].[V].[V].[V].[V].[V].[V].[V].[V]. The van der Waals surface area contributed by atoms with Crippen LogP contribution in [0.15, 0.2) is 0 Å². The Morgan fingerprint density at radius 1 is 0.131 bits per heavy atom. The normalized spacial score (nSPS) is 9.67. The van der Waals surface area contributed by atoms with Crippen molar-refractivity contribution in [3.8, 4) is 0 Å². The van der Waals surface area contributed by atoms with Crippen LogP contribution in [0.2, 0.25) is 0 Å². The summed E-state index contributed by atoms with van der Waals surface area (Å²) in [5, 5.41) is 0. The van der Waals surface area contributed by atoms with Crippen molar-refractivity contribution < 1.29 is 383 Å². The van der Waals surface area contributed by atoms with Gasteiger partial charge in [0.05, 0.1) is 0 Å². The molecule has 0 aliphatic carbocycles. The average Bonchev–Trinajstić information content (AvgIpc) is 2.34. The smallest absolute Gasteiger partial charge is 0.466 e. The van der Waals surface area contributed by atoms with Crippen molar-refractivity contribution in [1.29, 1.82) is 0 Å². The maximum atomic E-state index is 8.88. The maximum Gasteiger partial charge on any atom is 0.466 e. The summed E-state index contributed by atoms with van der Waals surface area (Å²) in [6.07, 6.45) is 0. The Hall–Kier alpha value is 6.90. The van der Waals surface area contributed by atoms with Gasteiger partial charge in [0.1, 0.15) is 0 Å². The molecule has 0 atom stereocenters. The molecular formula is H30O41P10V10-2. The Morgan fingerprint density at radius 2 is 0.131 bits per heavy atom. The Labute approximate surface area is 456 Å². The summed E-state index contributed by atoms with van der Waals surface area (Å²) in [5.41, 5.74) is 0. The van der Waals surface area contributed by atoms with Gasteiger partial charge in [-0.3, -0.25) is 0 Å². The van der Waals surface area contributed by atoms with Crippen molar-refractivity contribution in [2.24, 2.45) is 0 Å². The van der Waals surface area contributed by atoms with Crippen molar-refractivity contribution in [2.45, 2.75) is 0 Å². The molecule has 30 N–H and O–H groups in total. The van der Waals surface area contributed by atoms with Gasteiger partial charge in [-0.2, -0.15) is 0 Å². The minimum absolute atomic E-state index is 0. The van der Waals surface area contributed by atoms with Gasteiger partial charge < -0.3 is 152 Å². The first kappa shape index (κ1) is 138. The van der Waals surface area contributed by atoms with Gasteiger partial charge in [0.2, 0.25) is 0 Å². The van der Waals surface area contributed by atoms with Crippen LogP contribution in [0.25, 0.3) is 0 Å². The fraction of sp³-hybridized carbons (Fsp3) is 0. The monoisotopic (exact) mass is 1510 g/mol. The van der Waals surface area contributed by atoms with Gasteiger partial charge in [-0.05, 0) is 0 Å². The Morgan fingerprint density at radius 3 is 0.131 bits per heavy atom. The predicted molar refractivity (Wildman–Crippen MR) is 143 cm³/mol. The molecule has 0 rings (SSSR count). The average molecular weight is 1510 g/mol. The molecule has 10 radical (unpaired) electrons. The molecule has 0 fully saturated rings.